The summed E-state index contributed by atoms with van der Waals surface area (Å²) in [6, 6.07) is 5.80. The van der Waals surface area contributed by atoms with Crippen LogP contribution < -0.4 is 0 Å². The summed E-state index contributed by atoms with van der Waals surface area (Å²) in [4.78, 5) is 23.8. The predicted octanol–water partition coefficient (Wildman–Crippen LogP) is 2.44. The normalized spacial score (nSPS) is 18.5. The molecule has 0 aromatic carbocycles. The second kappa shape index (κ2) is 5.53. The molecule has 4 heterocycles. The van der Waals surface area contributed by atoms with E-state index in [2.05, 4.69) is 9.97 Å². The van der Waals surface area contributed by atoms with Gasteiger partial charge in [-0.3, -0.25) is 9.20 Å². The van der Waals surface area contributed by atoms with E-state index < -0.39 is 0 Å². The van der Waals surface area contributed by atoms with Gasteiger partial charge in [0.05, 0.1) is 11.7 Å². The van der Waals surface area contributed by atoms with E-state index in [0.717, 1.165) is 37.2 Å². The molecule has 6 heteroatoms. The summed E-state index contributed by atoms with van der Waals surface area (Å²) >= 11 is 0. The average molecular weight is 309 g/mol. The summed E-state index contributed by atoms with van der Waals surface area (Å²) in [6.07, 6.45) is 10.6. The summed E-state index contributed by atoms with van der Waals surface area (Å²) in [6.45, 7) is 0.774. The highest BCUT2D eigenvalue weighted by atomic mass is 16.2. The first-order chi connectivity index (χ1) is 11.2. The van der Waals surface area contributed by atoms with E-state index in [0.29, 0.717) is 5.78 Å². The quantitative estimate of drug-likeness (QED) is 0.730. The number of rotatable bonds is 2. The van der Waals surface area contributed by atoms with E-state index in [1.54, 1.807) is 6.20 Å². The van der Waals surface area contributed by atoms with Crippen LogP contribution in [0.1, 0.15) is 41.5 Å². The number of carbonyl (C=O) groups is 1. The van der Waals surface area contributed by atoms with Crippen LogP contribution in [0.5, 0.6) is 0 Å². The number of likely N-dealkylation sites (tertiary alicyclic amines) is 1. The minimum absolute atomic E-state index is 0.0212. The molecule has 4 rings (SSSR count). The third kappa shape index (κ3) is 2.40. The summed E-state index contributed by atoms with van der Waals surface area (Å²) in [7, 11) is 1.90. The number of aryl methyl sites for hydroxylation is 1. The molecule has 1 fully saturated rings. The largest absolute Gasteiger partial charge is 0.347 e. The van der Waals surface area contributed by atoms with Crippen molar-refractivity contribution in [3.8, 4) is 0 Å². The molecule has 0 radical (unpaired) electrons. The standard InChI is InChI=1S/C17H19N5O/c1-20-9-4-6-15(20)16(23)22-10-3-2-5-14(22)13-7-11-21-12-8-18-17(21)19-13/h4,6-9,11-12,14H,2-3,5,10H2,1H3. The number of fused-ring (bicyclic) bond motifs is 1. The smallest absolute Gasteiger partial charge is 0.271 e. The number of imidazole rings is 1. The lowest BCUT2D eigenvalue weighted by Gasteiger charge is -2.35. The van der Waals surface area contributed by atoms with Gasteiger partial charge in [-0.1, -0.05) is 0 Å². The Kier molecular flexibility index (Phi) is 3.37. The van der Waals surface area contributed by atoms with Crippen LogP contribution in [0, 0.1) is 0 Å². The lowest BCUT2D eigenvalue weighted by atomic mass is 9.98. The number of piperidine rings is 1. The monoisotopic (exact) mass is 309 g/mol. The first-order valence-electron chi connectivity index (χ1n) is 7.96. The number of hydrogen-bond acceptors (Lipinski definition) is 3. The maximum atomic E-state index is 12.9. The van der Waals surface area contributed by atoms with Crippen molar-refractivity contribution < 1.29 is 4.79 Å². The molecule has 1 amide bonds. The number of aromatic nitrogens is 4. The first-order valence-corrected chi connectivity index (χ1v) is 7.96. The van der Waals surface area contributed by atoms with Crippen LogP contribution in [0.15, 0.2) is 43.0 Å². The molecule has 0 spiro atoms. The van der Waals surface area contributed by atoms with Gasteiger partial charge in [0.15, 0.2) is 0 Å². The van der Waals surface area contributed by atoms with Crippen molar-refractivity contribution in [2.45, 2.75) is 25.3 Å². The molecule has 118 valence electrons. The lowest BCUT2D eigenvalue weighted by Crippen LogP contribution is -2.39. The number of hydrogen-bond donors (Lipinski definition) is 0. The van der Waals surface area contributed by atoms with E-state index in [-0.39, 0.29) is 11.9 Å². The Labute approximate surface area is 134 Å². The van der Waals surface area contributed by atoms with E-state index >= 15 is 0 Å². The Morgan fingerprint density at radius 1 is 1.22 bits per heavy atom. The topological polar surface area (TPSA) is 55.4 Å². The molecule has 1 atom stereocenters. The molecule has 3 aromatic heterocycles. The summed E-state index contributed by atoms with van der Waals surface area (Å²) in [5.41, 5.74) is 1.64. The van der Waals surface area contributed by atoms with Crippen molar-refractivity contribution >= 4 is 11.7 Å². The van der Waals surface area contributed by atoms with E-state index in [9.17, 15) is 4.79 Å². The molecule has 3 aromatic rings. The molecule has 1 unspecified atom stereocenters. The van der Waals surface area contributed by atoms with Crippen LogP contribution in [0.2, 0.25) is 0 Å². The van der Waals surface area contributed by atoms with Gasteiger partial charge in [0.2, 0.25) is 5.78 Å². The average Bonchev–Trinajstić information content (AvgIpc) is 3.22. The van der Waals surface area contributed by atoms with Gasteiger partial charge in [-0.2, -0.15) is 0 Å². The predicted molar refractivity (Wildman–Crippen MR) is 86.0 cm³/mol. The fourth-order valence-corrected chi connectivity index (χ4v) is 3.32. The van der Waals surface area contributed by atoms with Crippen LogP contribution in [0.3, 0.4) is 0 Å². The van der Waals surface area contributed by atoms with Gasteiger partial charge in [0.1, 0.15) is 5.69 Å². The summed E-state index contributed by atoms with van der Waals surface area (Å²) < 4.78 is 3.76. The summed E-state index contributed by atoms with van der Waals surface area (Å²) in [5.74, 6) is 0.756. The van der Waals surface area contributed by atoms with E-state index in [1.807, 2.05) is 57.7 Å². The van der Waals surface area contributed by atoms with Crippen LogP contribution >= 0.6 is 0 Å². The fourth-order valence-electron chi connectivity index (χ4n) is 3.32. The minimum Gasteiger partial charge on any atom is -0.347 e. The van der Waals surface area contributed by atoms with Gasteiger partial charge in [-0.05, 0) is 37.5 Å². The Morgan fingerprint density at radius 2 is 2.13 bits per heavy atom. The third-order valence-electron chi connectivity index (χ3n) is 4.55. The zero-order valence-corrected chi connectivity index (χ0v) is 13.1. The van der Waals surface area contributed by atoms with Gasteiger partial charge in [0.25, 0.3) is 5.91 Å². The Morgan fingerprint density at radius 3 is 2.96 bits per heavy atom. The van der Waals surface area contributed by atoms with Crippen molar-refractivity contribution in [1.29, 1.82) is 0 Å². The zero-order chi connectivity index (χ0) is 15.8. The second-order valence-corrected chi connectivity index (χ2v) is 6.00. The third-order valence-corrected chi connectivity index (χ3v) is 4.55. The molecule has 1 aliphatic rings. The zero-order valence-electron chi connectivity index (χ0n) is 13.1. The van der Waals surface area contributed by atoms with Crippen molar-refractivity contribution in [2.24, 2.45) is 7.05 Å². The Balaban J connectivity index is 1.70. The van der Waals surface area contributed by atoms with Crippen molar-refractivity contribution in [3.05, 3.63) is 54.4 Å². The van der Waals surface area contributed by atoms with Crippen LogP contribution in [0.4, 0.5) is 0 Å². The molecule has 0 saturated carbocycles. The Hall–Kier alpha value is -2.63. The molecule has 1 saturated heterocycles. The van der Waals surface area contributed by atoms with Gasteiger partial charge in [-0.25, -0.2) is 9.97 Å². The highest BCUT2D eigenvalue weighted by molar-refractivity contribution is 5.93. The van der Waals surface area contributed by atoms with Gasteiger partial charge in [-0.15, -0.1) is 0 Å². The van der Waals surface area contributed by atoms with Crippen molar-refractivity contribution in [1.82, 2.24) is 23.8 Å². The molecular weight excluding hydrogens is 290 g/mol. The number of nitrogens with zero attached hydrogens (tertiary/aromatic N) is 5. The molecule has 0 N–H and O–H groups in total. The molecule has 23 heavy (non-hydrogen) atoms. The number of amides is 1. The molecule has 6 nitrogen and oxygen atoms in total. The van der Waals surface area contributed by atoms with Gasteiger partial charge >= 0.3 is 0 Å². The highest BCUT2D eigenvalue weighted by Crippen LogP contribution is 2.31. The van der Waals surface area contributed by atoms with Gasteiger partial charge in [0, 0.05) is 38.4 Å². The molecular formula is C17H19N5O. The second-order valence-electron chi connectivity index (χ2n) is 6.00. The van der Waals surface area contributed by atoms with Crippen LogP contribution in [-0.2, 0) is 7.05 Å². The molecule has 1 aliphatic heterocycles. The maximum Gasteiger partial charge on any atom is 0.271 e. The van der Waals surface area contributed by atoms with Crippen molar-refractivity contribution in [2.75, 3.05) is 6.54 Å². The van der Waals surface area contributed by atoms with Crippen LogP contribution in [0.25, 0.3) is 5.78 Å². The SMILES string of the molecule is Cn1cccc1C(=O)N1CCCCC1c1ccn2ccnc2n1. The van der Waals surface area contributed by atoms with Crippen molar-refractivity contribution in [3.63, 3.8) is 0 Å². The first kappa shape index (κ1) is 14.0. The van der Waals surface area contributed by atoms with E-state index in [1.165, 1.54) is 0 Å². The Bertz CT molecular complexity index is 849. The number of carbonyl (C=O) groups excluding carboxylic acids is 1. The lowest BCUT2D eigenvalue weighted by molar-refractivity contribution is 0.0596. The van der Waals surface area contributed by atoms with Gasteiger partial charge < -0.3 is 9.47 Å². The molecule has 0 aliphatic carbocycles. The van der Waals surface area contributed by atoms with Crippen LogP contribution in [-0.4, -0.2) is 36.3 Å². The maximum absolute atomic E-state index is 12.9. The minimum atomic E-state index is 0.0212. The highest BCUT2D eigenvalue weighted by Gasteiger charge is 2.30. The molecule has 0 bridgehead atoms. The fraction of sp³-hybridized carbons (Fsp3) is 0.353. The summed E-state index contributed by atoms with van der Waals surface area (Å²) in [5, 5.41) is 0. The van der Waals surface area contributed by atoms with E-state index in [4.69, 9.17) is 0 Å².